The van der Waals surface area contributed by atoms with Crippen LogP contribution >= 0.6 is 11.6 Å². The molecule has 0 radical (unpaired) electrons. The molecule has 92 valence electrons. The summed E-state index contributed by atoms with van der Waals surface area (Å²) in [4.78, 5) is 18.0. The van der Waals surface area contributed by atoms with E-state index < -0.39 is 0 Å². The van der Waals surface area contributed by atoms with E-state index in [9.17, 15) is 4.79 Å². The molecule has 0 aliphatic carbocycles. The Morgan fingerprint density at radius 2 is 2.12 bits per heavy atom. The molecule has 1 saturated heterocycles. The second-order valence-corrected chi connectivity index (χ2v) is 4.46. The fraction of sp³-hybridized carbons (Fsp3) is 0.455. The Bertz CT molecular complexity index is 418. The third-order valence-electron chi connectivity index (χ3n) is 2.87. The molecule has 1 fully saturated rings. The van der Waals surface area contributed by atoms with Gasteiger partial charge in [-0.3, -0.25) is 4.79 Å². The fourth-order valence-corrected chi connectivity index (χ4v) is 2.16. The lowest BCUT2D eigenvalue weighted by Gasteiger charge is -2.26. The van der Waals surface area contributed by atoms with Gasteiger partial charge in [0.15, 0.2) is 5.82 Å². The second-order valence-electron chi connectivity index (χ2n) is 4.05. The normalized spacial score (nSPS) is 15.8. The van der Waals surface area contributed by atoms with E-state index in [0.717, 1.165) is 25.9 Å². The second kappa shape index (κ2) is 5.33. The number of aromatic nitrogens is 1. The smallest absolute Gasteiger partial charge is 0.255 e. The molecule has 1 aromatic rings. The summed E-state index contributed by atoms with van der Waals surface area (Å²) >= 11 is 5.94. The van der Waals surface area contributed by atoms with Gasteiger partial charge in [0, 0.05) is 19.3 Å². The van der Waals surface area contributed by atoms with Crippen LogP contribution in [0.25, 0.3) is 0 Å². The summed E-state index contributed by atoms with van der Waals surface area (Å²) in [5.74, 6) is 5.59. The number of halogens is 1. The van der Waals surface area contributed by atoms with E-state index in [-0.39, 0.29) is 5.91 Å². The van der Waals surface area contributed by atoms with Crippen molar-refractivity contribution in [3.8, 4) is 0 Å². The fourth-order valence-electron chi connectivity index (χ4n) is 1.94. The van der Waals surface area contributed by atoms with Crippen molar-refractivity contribution in [2.24, 2.45) is 5.84 Å². The molecule has 2 heterocycles. The van der Waals surface area contributed by atoms with E-state index in [1.807, 2.05) is 4.90 Å². The molecule has 0 unspecified atom stereocenters. The summed E-state index contributed by atoms with van der Waals surface area (Å²) in [6.45, 7) is 1.63. The maximum Gasteiger partial charge on any atom is 0.255 e. The summed E-state index contributed by atoms with van der Waals surface area (Å²) in [5.41, 5.74) is 2.88. The number of nitrogen functional groups attached to an aromatic ring is 1. The maximum atomic E-state index is 12.1. The van der Waals surface area contributed by atoms with Gasteiger partial charge in [-0.2, -0.15) is 0 Å². The number of pyridine rings is 1. The van der Waals surface area contributed by atoms with Gasteiger partial charge in [-0.05, 0) is 25.3 Å². The standard InChI is InChI=1S/C11H15ClN4O/c12-9-6-8(7-14-10(9)15-13)11(17)16-4-2-1-3-5-16/h6-7H,1-5,13H2,(H,14,15). The Labute approximate surface area is 105 Å². The minimum absolute atomic E-state index is 0.0114. The molecule has 17 heavy (non-hydrogen) atoms. The summed E-state index contributed by atoms with van der Waals surface area (Å²) in [6, 6.07) is 1.60. The molecule has 6 heteroatoms. The highest BCUT2D eigenvalue weighted by Crippen LogP contribution is 2.20. The average molecular weight is 255 g/mol. The molecule has 0 aromatic carbocycles. The third kappa shape index (κ3) is 2.68. The lowest BCUT2D eigenvalue weighted by atomic mass is 10.1. The van der Waals surface area contributed by atoms with Gasteiger partial charge in [-0.1, -0.05) is 11.6 Å². The highest BCUT2D eigenvalue weighted by Gasteiger charge is 2.19. The van der Waals surface area contributed by atoms with Crippen LogP contribution in [0.2, 0.25) is 5.02 Å². The number of nitrogens with zero attached hydrogens (tertiary/aromatic N) is 2. The lowest BCUT2D eigenvalue weighted by Crippen LogP contribution is -2.35. The van der Waals surface area contributed by atoms with Crippen molar-refractivity contribution in [1.29, 1.82) is 0 Å². The molecule has 3 N–H and O–H groups in total. The zero-order chi connectivity index (χ0) is 12.3. The highest BCUT2D eigenvalue weighted by molar-refractivity contribution is 6.33. The first kappa shape index (κ1) is 12.1. The molecule has 5 nitrogen and oxygen atoms in total. The summed E-state index contributed by atoms with van der Waals surface area (Å²) in [5, 5.41) is 0.357. The van der Waals surface area contributed by atoms with Crippen LogP contribution in [0.5, 0.6) is 0 Å². The molecule has 0 bridgehead atoms. The van der Waals surface area contributed by atoms with Gasteiger partial charge in [-0.15, -0.1) is 0 Å². The SMILES string of the molecule is NNc1ncc(C(=O)N2CCCCC2)cc1Cl. The molecular formula is C11H15ClN4O. The van der Waals surface area contributed by atoms with Crippen LogP contribution in [0.15, 0.2) is 12.3 Å². The van der Waals surface area contributed by atoms with E-state index >= 15 is 0 Å². The van der Waals surface area contributed by atoms with Crippen LogP contribution in [-0.2, 0) is 0 Å². The number of carbonyl (C=O) groups is 1. The summed E-state index contributed by atoms with van der Waals surface area (Å²) in [6.07, 6.45) is 4.82. The first-order valence-electron chi connectivity index (χ1n) is 5.64. The summed E-state index contributed by atoms with van der Waals surface area (Å²) in [7, 11) is 0. The predicted molar refractivity (Wildman–Crippen MR) is 66.8 cm³/mol. The van der Waals surface area contributed by atoms with Gasteiger partial charge < -0.3 is 10.3 Å². The number of amides is 1. The zero-order valence-corrected chi connectivity index (χ0v) is 10.2. The Morgan fingerprint density at radius 1 is 1.41 bits per heavy atom. The van der Waals surface area contributed by atoms with Crippen molar-refractivity contribution < 1.29 is 4.79 Å². The van der Waals surface area contributed by atoms with Crippen molar-refractivity contribution in [2.75, 3.05) is 18.5 Å². The number of carbonyl (C=O) groups excluding carboxylic acids is 1. The monoisotopic (exact) mass is 254 g/mol. The molecule has 1 aromatic heterocycles. The van der Waals surface area contributed by atoms with Gasteiger partial charge in [0.25, 0.3) is 5.91 Å². The zero-order valence-electron chi connectivity index (χ0n) is 9.45. The first-order valence-corrected chi connectivity index (χ1v) is 6.01. The van der Waals surface area contributed by atoms with E-state index in [4.69, 9.17) is 17.4 Å². The Hall–Kier alpha value is -1.33. The third-order valence-corrected chi connectivity index (χ3v) is 3.16. The van der Waals surface area contributed by atoms with Crippen LogP contribution in [0.1, 0.15) is 29.6 Å². The number of hydrogen-bond donors (Lipinski definition) is 2. The van der Waals surface area contributed by atoms with Gasteiger partial charge >= 0.3 is 0 Å². The highest BCUT2D eigenvalue weighted by atomic mass is 35.5. The predicted octanol–water partition coefficient (Wildman–Crippen LogP) is 1.65. The minimum Gasteiger partial charge on any atom is -0.339 e. The molecule has 1 amide bonds. The quantitative estimate of drug-likeness (QED) is 0.622. The number of rotatable bonds is 2. The Kier molecular flexibility index (Phi) is 3.81. The van der Waals surface area contributed by atoms with Crippen molar-refractivity contribution in [3.63, 3.8) is 0 Å². The van der Waals surface area contributed by atoms with E-state index in [0.29, 0.717) is 16.4 Å². The van der Waals surface area contributed by atoms with Crippen molar-refractivity contribution in [3.05, 3.63) is 22.8 Å². The van der Waals surface area contributed by atoms with Crippen molar-refractivity contribution in [1.82, 2.24) is 9.88 Å². The number of hydrogen-bond acceptors (Lipinski definition) is 4. The molecule has 0 atom stereocenters. The van der Waals surface area contributed by atoms with Gasteiger partial charge in [0.1, 0.15) is 0 Å². The van der Waals surface area contributed by atoms with Crippen LogP contribution in [0.4, 0.5) is 5.82 Å². The van der Waals surface area contributed by atoms with Crippen molar-refractivity contribution >= 4 is 23.3 Å². The molecule has 0 spiro atoms. The average Bonchev–Trinajstić information content (AvgIpc) is 2.39. The van der Waals surface area contributed by atoms with Crippen LogP contribution in [0.3, 0.4) is 0 Å². The first-order chi connectivity index (χ1) is 8.22. The summed E-state index contributed by atoms with van der Waals surface area (Å²) < 4.78 is 0. The van der Waals surface area contributed by atoms with Crippen LogP contribution in [-0.4, -0.2) is 28.9 Å². The number of nitrogens with two attached hydrogens (primary N) is 1. The molecule has 2 rings (SSSR count). The van der Waals surface area contributed by atoms with E-state index in [1.165, 1.54) is 12.6 Å². The molecule has 1 aliphatic rings. The minimum atomic E-state index is -0.0114. The topological polar surface area (TPSA) is 71.2 Å². The molecule has 1 aliphatic heterocycles. The van der Waals surface area contributed by atoms with Gasteiger partial charge in [-0.25, -0.2) is 10.8 Å². The number of anilines is 1. The Morgan fingerprint density at radius 3 is 2.71 bits per heavy atom. The van der Waals surface area contributed by atoms with Crippen LogP contribution < -0.4 is 11.3 Å². The van der Waals surface area contributed by atoms with Gasteiger partial charge in [0.05, 0.1) is 10.6 Å². The number of likely N-dealkylation sites (tertiary alicyclic amines) is 1. The largest absolute Gasteiger partial charge is 0.339 e. The Balaban J connectivity index is 2.16. The van der Waals surface area contributed by atoms with Crippen molar-refractivity contribution in [2.45, 2.75) is 19.3 Å². The maximum absolute atomic E-state index is 12.1. The van der Waals surface area contributed by atoms with Gasteiger partial charge in [0.2, 0.25) is 0 Å². The van der Waals surface area contributed by atoms with E-state index in [2.05, 4.69) is 10.4 Å². The number of nitrogens with one attached hydrogen (secondary N) is 1. The van der Waals surface area contributed by atoms with E-state index in [1.54, 1.807) is 6.07 Å². The molecule has 0 saturated carbocycles. The number of hydrazine groups is 1. The molecular weight excluding hydrogens is 240 g/mol. The van der Waals surface area contributed by atoms with Crippen LogP contribution in [0, 0.1) is 0 Å². The number of piperidine rings is 1. The lowest BCUT2D eigenvalue weighted by molar-refractivity contribution is 0.0724.